The van der Waals surface area contributed by atoms with Crippen molar-refractivity contribution >= 4 is 11.9 Å². The van der Waals surface area contributed by atoms with Gasteiger partial charge in [0.15, 0.2) is 0 Å². The third-order valence-corrected chi connectivity index (χ3v) is 5.23. The first-order valence-electron chi connectivity index (χ1n) is 9.59. The van der Waals surface area contributed by atoms with Crippen LogP contribution in [0.3, 0.4) is 0 Å². The third kappa shape index (κ3) is 4.54. The molecule has 0 aromatic heterocycles. The van der Waals surface area contributed by atoms with Gasteiger partial charge in [0, 0.05) is 6.42 Å². The first kappa shape index (κ1) is 20.3. The summed E-state index contributed by atoms with van der Waals surface area (Å²) in [6, 6.07) is 28.0. The Morgan fingerprint density at radius 3 is 1.72 bits per heavy atom. The molecule has 0 aliphatic heterocycles. The van der Waals surface area contributed by atoms with E-state index in [1.54, 1.807) is 0 Å². The van der Waals surface area contributed by atoms with Crippen molar-refractivity contribution in [3.63, 3.8) is 0 Å². The standard InChI is InChI=1S/C25H25NO3/c1-25(20-14-8-4-9-15-20,21-16-10-5-11-17-21)24(28)26-22(23(27)29-2)18-19-12-6-3-7-13-19/h3-17,22H,18H2,1-2H3,(H,26,28)/t22-/m1/s1. The second kappa shape index (κ2) is 9.20. The molecule has 0 aliphatic rings. The molecular weight excluding hydrogens is 362 g/mol. The summed E-state index contributed by atoms with van der Waals surface area (Å²) in [7, 11) is 1.33. The van der Waals surface area contributed by atoms with Gasteiger partial charge < -0.3 is 10.1 Å². The fourth-order valence-corrected chi connectivity index (χ4v) is 3.46. The minimum Gasteiger partial charge on any atom is -0.467 e. The number of benzene rings is 3. The lowest BCUT2D eigenvalue weighted by Gasteiger charge is -2.31. The molecule has 1 N–H and O–H groups in total. The largest absolute Gasteiger partial charge is 0.467 e. The predicted molar refractivity (Wildman–Crippen MR) is 113 cm³/mol. The lowest BCUT2D eigenvalue weighted by Crippen LogP contribution is -2.51. The van der Waals surface area contributed by atoms with Crippen LogP contribution in [-0.2, 0) is 26.2 Å². The quantitative estimate of drug-likeness (QED) is 0.626. The minimum atomic E-state index is -0.953. The molecule has 0 fully saturated rings. The van der Waals surface area contributed by atoms with Crippen LogP contribution in [0.15, 0.2) is 91.0 Å². The van der Waals surface area contributed by atoms with Gasteiger partial charge in [-0.1, -0.05) is 91.0 Å². The maximum absolute atomic E-state index is 13.6. The Morgan fingerprint density at radius 2 is 1.28 bits per heavy atom. The molecule has 0 saturated heterocycles. The number of methoxy groups -OCH3 is 1. The maximum atomic E-state index is 13.6. The molecule has 0 aliphatic carbocycles. The van der Waals surface area contributed by atoms with Gasteiger partial charge in [-0.2, -0.15) is 0 Å². The monoisotopic (exact) mass is 387 g/mol. The number of amides is 1. The summed E-state index contributed by atoms with van der Waals surface area (Å²) < 4.78 is 4.96. The van der Waals surface area contributed by atoms with Crippen LogP contribution in [0.4, 0.5) is 0 Å². The first-order chi connectivity index (χ1) is 14.1. The molecule has 0 heterocycles. The highest BCUT2D eigenvalue weighted by molar-refractivity contribution is 5.94. The van der Waals surface area contributed by atoms with Gasteiger partial charge >= 0.3 is 5.97 Å². The van der Waals surface area contributed by atoms with E-state index in [1.165, 1.54) is 7.11 Å². The number of carbonyl (C=O) groups excluding carboxylic acids is 2. The second-order valence-electron chi connectivity index (χ2n) is 7.10. The summed E-state index contributed by atoms with van der Waals surface area (Å²) in [6.45, 7) is 1.88. The molecule has 1 amide bonds. The van der Waals surface area contributed by atoms with Crippen LogP contribution in [0.1, 0.15) is 23.6 Å². The summed E-state index contributed by atoms with van der Waals surface area (Å²) in [5.41, 5.74) is 1.70. The van der Waals surface area contributed by atoms with Crippen LogP contribution in [-0.4, -0.2) is 25.0 Å². The van der Waals surface area contributed by atoms with Crippen LogP contribution >= 0.6 is 0 Å². The second-order valence-corrected chi connectivity index (χ2v) is 7.10. The molecule has 4 nitrogen and oxygen atoms in total. The van der Waals surface area contributed by atoms with Crippen molar-refractivity contribution < 1.29 is 14.3 Å². The lowest BCUT2D eigenvalue weighted by molar-refractivity contribution is -0.145. The van der Waals surface area contributed by atoms with Crippen molar-refractivity contribution in [2.75, 3.05) is 7.11 Å². The van der Waals surface area contributed by atoms with Gasteiger partial charge in [0.25, 0.3) is 0 Å². The Hall–Kier alpha value is -3.40. The van der Waals surface area contributed by atoms with Crippen LogP contribution < -0.4 is 5.32 Å². The molecule has 1 atom stereocenters. The zero-order valence-electron chi connectivity index (χ0n) is 16.7. The highest BCUT2D eigenvalue weighted by Crippen LogP contribution is 2.32. The summed E-state index contributed by atoms with van der Waals surface area (Å²) in [4.78, 5) is 26.0. The first-order valence-corrected chi connectivity index (χ1v) is 9.59. The molecule has 3 aromatic rings. The van der Waals surface area contributed by atoms with Crippen LogP contribution in [0.5, 0.6) is 0 Å². The van der Waals surface area contributed by atoms with Crippen molar-refractivity contribution in [1.29, 1.82) is 0 Å². The molecule has 148 valence electrons. The van der Waals surface area contributed by atoms with E-state index < -0.39 is 17.4 Å². The highest BCUT2D eigenvalue weighted by Gasteiger charge is 2.39. The van der Waals surface area contributed by atoms with E-state index >= 15 is 0 Å². The minimum absolute atomic E-state index is 0.249. The Morgan fingerprint density at radius 1 is 0.828 bits per heavy atom. The molecule has 0 radical (unpaired) electrons. The molecule has 4 heteroatoms. The Labute approximate surface area is 171 Å². The number of hydrogen-bond donors (Lipinski definition) is 1. The van der Waals surface area contributed by atoms with Crippen molar-refractivity contribution in [3.05, 3.63) is 108 Å². The van der Waals surface area contributed by atoms with Gasteiger partial charge in [-0.3, -0.25) is 4.79 Å². The fraction of sp³-hybridized carbons (Fsp3) is 0.200. The number of hydrogen-bond acceptors (Lipinski definition) is 3. The van der Waals surface area contributed by atoms with E-state index in [1.807, 2.05) is 97.9 Å². The van der Waals surface area contributed by atoms with Crippen molar-refractivity contribution in [3.8, 4) is 0 Å². The lowest BCUT2D eigenvalue weighted by atomic mass is 9.75. The third-order valence-electron chi connectivity index (χ3n) is 5.23. The Kier molecular flexibility index (Phi) is 6.45. The van der Waals surface area contributed by atoms with Gasteiger partial charge in [-0.15, -0.1) is 0 Å². The van der Waals surface area contributed by atoms with E-state index in [0.29, 0.717) is 6.42 Å². The summed E-state index contributed by atoms with van der Waals surface area (Å²) in [5, 5.41) is 2.94. The molecule has 3 rings (SSSR count). The highest BCUT2D eigenvalue weighted by atomic mass is 16.5. The number of rotatable bonds is 7. The van der Waals surface area contributed by atoms with Crippen LogP contribution in [0.25, 0.3) is 0 Å². The zero-order chi connectivity index (χ0) is 20.7. The summed E-state index contributed by atoms with van der Waals surface area (Å²) in [6.07, 6.45) is 0.360. The normalized spacial score (nSPS) is 12.1. The molecular formula is C25H25NO3. The van der Waals surface area contributed by atoms with E-state index in [-0.39, 0.29) is 5.91 Å². The topological polar surface area (TPSA) is 55.4 Å². The number of esters is 1. The van der Waals surface area contributed by atoms with Gasteiger partial charge in [0.1, 0.15) is 6.04 Å². The molecule has 0 saturated carbocycles. The Bertz CT molecular complexity index is 900. The van der Waals surface area contributed by atoms with E-state index in [0.717, 1.165) is 16.7 Å². The smallest absolute Gasteiger partial charge is 0.328 e. The molecule has 0 spiro atoms. The molecule has 0 unspecified atom stereocenters. The molecule has 29 heavy (non-hydrogen) atoms. The van der Waals surface area contributed by atoms with Gasteiger partial charge in [0.2, 0.25) is 5.91 Å². The Balaban J connectivity index is 1.95. The number of nitrogens with one attached hydrogen (secondary N) is 1. The number of ether oxygens (including phenoxy) is 1. The van der Waals surface area contributed by atoms with Crippen LogP contribution in [0, 0.1) is 0 Å². The summed E-state index contributed by atoms with van der Waals surface area (Å²) >= 11 is 0. The number of carbonyl (C=O) groups is 2. The van der Waals surface area contributed by atoms with Crippen molar-refractivity contribution in [2.45, 2.75) is 24.8 Å². The van der Waals surface area contributed by atoms with Gasteiger partial charge in [-0.05, 0) is 23.6 Å². The predicted octanol–water partition coefficient (Wildman–Crippen LogP) is 3.89. The SMILES string of the molecule is COC(=O)[C@@H](Cc1ccccc1)NC(=O)C(C)(c1ccccc1)c1ccccc1. The van der Waals surface area contributed by atoms with Crippen molar-refractivity contribution in [2.24, 2.45) is 0 Å². The average molecular weight is 387 g/mol. The summed E-state index contributed by atoms with van der Waals surface area (Å²) in [5.74, 6) is -0.716. The maximum Gasteiger partial charge on any atom is 0.328 e. The van der Waals surface area contributed by atoms with Crippen molar-refractivity contribution in [1.82, 2.24) is 5.32 Å². The van der Waals surface area contributed by atoms with E-state index in [2.05, 4.69) is 5.32 Å². The molecule has 0 bridgehead atoms. The fourth-order valence-electron chi connectivity index (χ4n) is 3.46. The van der Waals surface area contributed by atoms with E-state index in [4.69, 9.17) is 4.74 Å². The van der Waals surface area contributed by atoms with Gasteiger partial charge in [-0.25, -0.2) is 4.79 Å². The average Bonchev–Trinajstić information content (AvgIpc) is 2.79. The molecule has 3 aromatic carbocycles. The van der Waals surface area contributed by atoms with E-state index in [9.17, 15) is 9.59 Å². The van der Waals surface area contributed by atoms with Gasteiger partial charge in [0.05, 0.1) is 12.5 Å². The van der Waals surface area contributed by atoms with Crippen LogP contribution in [0.2, 0.25) is 0 Å². The zero-order valence-corrected chi connectivity index (χ0v) is 16.7.